The first-order chi connectivity index (χ1) is 16.9. The Bertz CT molecular complexity index is 1160. The Hall–Kier alpha value is -4.00. The van der Waals surface area contributed by atoms with Gasteiger partial charge in [0.15, 0.2) is 11.5 Å². The van der Waals surface area contributed by atoms with Crippen LogP contribution < -0.4 is 24.3 Å². The summed E-state index contributed by atoms with van der Waals surface area (Å²) in [4.78, 5) is 25.5. The molecule has 3 rings (SSSR count). The lowest BCUT2D eigenvalue weighted by Crippen LogP contribution is -2.13. The van der Waals surface area contributed by atoms with Gasteiger partial charge < -0.3 is 24.3 Å². The quantitative estimate of drug-likeness (QED) is 0.286. The summed E-state index contributed by atoms with van der Waals surface area (Å²) in [5, 5.41) is 2.92. The van der Waals surface area contributed by atoms with E-state index in [1.54, 1.807) is 36.4 Å². The number of aryl methyl sites for hydroxylation is 2. The highest BCUT2D eigenvalue weighted by molar-refractivity contribution is 6.04. The first-order valence-electron chi connectivity index (χ1n) is 11.6. The molecule has 0 atom stereocenters. The van der Waals surface area contributed by atoms with Crippen molar-refractivity contribution in [2.24, 2.45) is 0 Å². The summed E-state index contributed by atoms with van der Waals surface area (Å²) in [6, 6.07) is 15.4. The Morgan fingerprint density at radius 2 is 1.34 bits per heavy atom. The molecular weight excluding hydrogens is 446 g/mol. The average molecular weight is 478 g/mol. The molecule has 3 aromatic rings. The lowest BCUT2D eigenvalue weighted by molar-refractivity contribution is 0.0733. The van der Waals surface area contributed by atoms with Gasteiger partial charge in [0, 0.05) is 11.3 Å². The fourth-order valence-electron chi connectivity index (χ4n) is 3.41. The van der Waals surface area contributed by atoms with Gasteiger partial charge in [-0.3, -0.25) is 4.79 Å². The molecule has 0 aliphatic carbocycles. The van der Waals surface area contributed by atoms with Crippen LogP contribution in [0.4, 0.5) is 5.69 Å². The van der Waals surface area contributed by atoms with Crippen molar-refractivity contribution >= 4 is 17.6 Å². The zero-order valence-electron chi connectivity index (χ0n) is 20.8. The summed E-state index contributed by atoms with van der Waals surface area (Å²) >= 11 is 0. The van der Waals surface area contributed by atoms with Crippen LogP contribution in [0.1, 0.15) is 52.6 Å². The summed E-state index contributed by atoms with van der Waals surface area (Å²) in [5.41, 5.74) is 3.50. The minimum Gasteiger partial charge on any atom is -0.490 e. The maximum Gasteiger partial charge on any atom is 0.343 e. The van der Waals surface area contributed by atoms with E-state index in [9.17, 15) is 9.59 Å². The van der Waals surface area contributed by atoms with Crippen LogP contribution in [0, 0.1) is 13.8 Å². The van der Waals surface area contributed by atoms with E-state index in [0.29, 0.717) is 48.4 Å². The van der Waals surface area contributed by atoms with Crippen LogP contribution in [-0.4, -0.2) is 31.7 Å². The fourth-order valence-corrected chi connectivity index (χ4v) is 3.41. The Balaban J connectivity index is 1.76. The lowest BCUT2D eigenvalue weighted by atomic mass is 10.1. The van der Waals surface area contributed by atoms with Crippen LogP contribution in [0.3, 0.4) is 0 Å². The molecule has 1 N–H and O–H groups in total. The molecular formula is C28H31NO6. The number of amides is 1. The monoisotopic (exact) mass is 477 g/mol. The van der Waals surface area contributed by atoms with Gasteiger partial charge in [-0.05, 0) is 88.2 Å². The molecule has 7 heteroatoms. The first kappa shape index (κ1) is 25.6. The maximum atomic E-state index is 12.9. The van der Waals surface area contributed by atoms with E-state index >= 15 is 0 Å². The minimum absolute atomic E-state index is 0.245. The van der Waals surface area contributed by atoms with Crippen molar-refractivity contribution in [2.45, 2.75) is 34.6 Å². The number of hydrogen-bond acceptors (Lipinski definition) is 6. The third kappa shape index (κ3) is 6.53. The number of nitrogens with one attached hydrogen (secondary N) is 1. The zero-order chi connectivity index (χ0) is 25.4. The van der Waals surface area contributed by atoms with Gasteiger partial charge in [-0.25, -0.2) is 4.79 Å². The third-order valence-corrected chi connectivity index (χ3v) is 5.11. The molecule has 0 saturated heterocycles. The van der Waals surface area contributed by atoms with Gasteiger partial charge >= 0.3 is 5.97 Å². The normalized spacial score (nSPS) is 10.4. The molecule has 1 amide bonds. The molecule has 0 bridgehead atoms. The zero-order valence-corrected chi connectivity index (χ0v) is 20.8. The molecule has 7 nitrogen and oxygen atoms in total. The summed E-state index contributed by atoms with van der Waals surface area (Å²) in [6.45, 7) is 10.7. The van der Waals surface area contributed by atoms with Crippen molar-refractivity contribution in [3.8, 4) is 23.0 Å². The van der Waals surface area contributed by atoms with Crippen LogP contribution >= 0.6 is 0 Å². The van der Waals surface area contributed by atoms with Crippen LogP contribution in [-0.2, 0) is 0 Å². The Labute approximate surface area is 206 Å². The molecule has 3 aromatic carbocycles. The molecule has 0 aliphatic heterocycles. The average Bonchev–Trinajstić information content (AvgIpc) is 2.84. The minimum atomic E-state index is -0.581. The molecule has 0 radical (unpaired) electrons. The van der Waals surface area contributed by atoms with E-state index < -0.39 is 5.97 Å². The van der Waals surface area contributed by atoms with Crippen molar-refractivity contribution < 1.29 is 28.5 Å². The van der Waals surface area contributed by atoms with Gasteiger partial charge in [0.1, 0.15) is 5.75 Å². The van der Waals surface area contributed by atoms with Crippen molar-refractivity contribution in [1.82, 2.24) is 0 Å². The molecule has 184 valence electrons. The Kier molecular flexibility index (Phi) is 8.73. The topological polar surface area (TPSA) is 83.1 Å². The Morgan fingerprint density at radius 1 is 0.743 bits per heavy atom. The van der Waals surface area contributed by atoms with E-state index in [0.717, 1.165) is 16.8 Å². The standard InChI is InChI=1S/C28H31NO6/c1-6-32-24-16-21(17-25(33-7-2)26(24)34-8-3)28(31)35-22-13-11-20(12-14-22)27(30)29-23-15-18(4)9-10-19(23)5/h9-17H,6-8H2,1-5H3,(H,29,30). The van der Waals surface area contributed by atoms with Crippen LogP contribution in [0.5, 0.6) is 23.0 Å². The number of hydrogen-bond donors (Lipinski definition) is 1. The second-order valence-electron chi connectivity index (χ2n) is 7.79. The van der Waals surface area contributed by atoms with Gasteiger partial charge in [0.2, 0.25) is 5.75 Å². The number of rotatable bonds is 10. The molecule has 0 fully saturated rings. The van der Waals surface area contributed by atoms with Gasteiger partial charge in [0.25, 0.3) is 5.91 Å². The molecule has 0 spiro atoms. The van der Waals surface area contributed by atoms with E-state index in [1.165, 1.54) is 0 Å². The number of benzene rings is 3. The van der Waals surface area contributed by atoms with Crippen LogP contribution in [0.2, 0.25) is 0 Å². The van der Waals surface area contributed by atoms with Crippen molar-refractivity contribution in [3.05, 3.63) is 76.9 Å². The van der Waals surface area contributed by atoms with Gasteiger partial charge in [-0.15, -0.1) is 0 Å². The molecule has 35 heavy (non-hydrogen) atoms. The van der Waals surface area contributed by atoms with E-state index in [-0.39, 0.29) is 11.5 Å². The smallest absolute Gasteiger partial charge is 0.343 e. The molecule has 0 saturated carbocycles. The summed E-state index contributed by atoms with van der Waals surface area (Å²) in [7, 11) is 0. The first-order valence-corrected chi connectivity index (χ1v) is 11.6. The number of ether oxygens (including phenoxy) is 4. The summed E-state index contributed by atoms with van der Waals surface area (Å²) in [5.74, 6) is 0.750. The molecule has 0 aliphatic rings. The van der Waals surface area contributed by atoms with E-state index in [1.807, 2.05) is 52.8 Å². The number of anilines is 1. The predicted octanol–water partition coefficient (Wildman–Crippen LogP) is 5.97. The highest BCUT2D eigenvalue weighted by atomic mass is 16.5. The van der Waals surface area contributed by atoms with Crippen molar-refractivity contribution in [3.63, 3.8) is 0 Å². The summed E-state index contributed by atoms with van der Waals surface area (Å²) < 4.78 is 22.5. The third-order valence-electron chi connectivity index (χ3n) is 5.11. The Morgan fingerprint density at radius 3 is 1.91 bits per heavy atom. The SMILES string of the molecule is CCOc1cc(C(=O)Oc2ccc(C(=O)Nc3cc(C)ccc3C)cc2)cc(OCC)c1OCC. The van der Waals surface area contributed by atoms with Gasteiger partial charge in [0.05, 0.1) is 25.4 Å². The van der Waals surface area contributed by atoms with Crippen LogP contribution in [0.15, 0.2) is 54.6 Å². The molecule has 0 unspecified atom stereocenters. The van der Waals surface area contributed by atoms with Gasteiger partial charge in [-0.2, -0.15) is 0 Å². The van der Waals surface area contributed by atoms with E-state index in [4.69, 9.17) is 18.9 Å². The van der Waals surface area contributed by atoms with Crippen molar-refractivity contribution in [1.29, 1.82) is 0 Å². The second-order valence-corrected chi connectivity index (χ2v) is 7.79. The predicted molar refractivity (Wildman–Crippen MR) is 135 cm³/mol. The lowest BCUT2D eigenvalue weighted by Gasteiger charge is -2.16. The van der Waals surface area contributed by atoms with Crippen molar-refractivity contribution in [2.75, 3.05) is 25.1 Å². The highest BCUT2D eigenvalue weighted by Crippen LogP contribution is 2.39. The molecule has 0 heterocycles. The molecule has 0 aromatic heterocycles. The van der Waals surface area contributed by atoms with Gasteiger partial charge in [-0.1, -0.05) is 12.1 Å². The highest BCUT2D eigenvalue weighted by Gasteiger charge is 2.20. The number of carbonyl (C=O) groups is 2. The fraction of sp³-hybridized carbons (Fsp3) is 0.286. The largest absolute Gasteiger partial charge is 0.490 e. The van der Waals surface area contributed by atoms with Crippen LogP contribution in [0.25, 0.3) is 0 Å². The summed E-state index contributed by atoms with van der Waals surface area (Å²) in [6.07, 6.45) is 0. The van der Waals surface area contributed by atoms with E-state index in [2.05, 4.69) is 5.32 Å². The number of carbonyl (C=O) groups excluding carboxylic acids is 2. The number of esters is 1. The maximum absolute atomic E-state index is 12.9. The second kappa shape index (κ2) is 11.9.